The normalized spacial score (nSPS) is 32.9. The minimum absolute atomic E-state index is 0.160. The number of amides is 1. The van der Waals surface area contributed by atoms with Gasteiger partial charge in [-0.25, -0.2) is 4.79 Å². The molecule has 7 atom stereocenters. The Balaban J connectivity index is 1.37. The monoisotopic (exact) mass is 512 g/mol. The third kappa shape index (κ3) is 3.73. The van der Waals surface area contributed by atoms with Gasteiger partial charge < -0.3 is 30.4 Å². The fourth-order valence-corrected chi connectivity index (χ4v) is 7.61. The molecule has 9 nitrogen and oxygen atoms in total. The van der Waals surface area contributed by atoms with Crippen LogP contribution in [0.3, 0.4) is 0 Å². The number of carboxylic acid groups (broad SMARTS) is 1. The third-order valence-electron chi connectivity index (χ3n) is 8.92. The lowest BCUT2D eigenvalue weighted by Gasteiger charge is -2.65. The zero-order chi connectivity index (χ0) is 26.7. The zero-order valence-electron chi connectivity index (χ0n) is 21.8. The van der Waals surface area contributed by atoms with Crippen LogP contribution in [-0.4, -0.2) is 54.9 Å². The molecule has 1 aromatic carbocycles. The Morgan fingerprint density at radius 3 is 2.68 bits per heavy atom. The number of ether oxygens (including phenoxy) is 3. The maximum absolute atomic E-state index is 12.9. The van der Waals surface area contributed by atoms with Gasteiger partial charge >= 0.3 is 11.9 Å². The molecular weight excluding hydrogens is 476 g/mol. The average molecular weight is 513 g/mol. The molecule has 1 fully saturated rings. The summed E-state index contributed by atoms with van der Waals surface area (Å²) in [7, 11) is 1.62. The number of hydrogen-bond donors (Lipinski definition) is 3. The highest BCUT2D eigenvalue weighted by atomic mass is 16.6. The molecule has 1 saturated carbocycles. The van der Waals surface area contributed by atoms with E-state index in [9.17, 15) is 19.5 Å². The second-order valence-electron chi connectivity index (χ2n) is 11.4. The Morgan fingerprint density at radius 1 is 1.27 bits per heavy atom. The van der Waals surface area contributed by atoms with E-state index >= 15 is 0 Å². The number of fused-ring (bicyclic) bond motifs is 1. The van der Waals surface area contributed by atoms with Gasteiger partial charge in [0, 0.05) is 29.4 Å². The number of rotatable bonds is 9. The fraction of sp³-hybridized carbons (Fsp3) is 0.607. The van der Waals surface area contributed by atoms with Gasteiger partial charge in [-0.3, -0.25) is 9.59 Å². The summed E-state index contributed by atoms with van der Waals surface area (Å²) in [6.45, 7) is 6.19. The van der Waals surface area contributed by atoms with Crippen molar-refractivity contribution in [2.75, 3.05) is 13.7 Å². The number of nitrogens with one attached hydrogen (secondary N) is 1. The van der Waals surface area contributed by atoms with Crippen molar-refractivity contribution < 1.29 is 33.7 Å². The molecule has 0 radical (unpaired) electrons. The van der Waals surface area contributed by atoms with E-state index in [2.05, 4.69) is 24.4 Å². The van der Waals surface area contributed by atoms with Crippen molar-refractivity contribution >= 4 is 17.8 Å². The van der Waals surface area contributed by atoms with E-state index in [-0.39, 0.29) is 35.5 Å². The molecule has 5 aliphatic rings. The van der Waals surface area contributed by atoms with E-state index in [1.54, 1.807) is 21.0 Å². The summed E-state index contributed by atoms with van der Waals surface area (Å²) in [5.74, 6) is -0.389. The summed E-state index contributed by atoms with van der Waals surface area (Å²) < 4.78 is 18.2. The van der Waals surface area contributed by atoms with Crippen LogP contribution in [0.25, 0.3) is 0 Å². The molecule has 3 unspecified atom stereocenters. The second-order valence-corrected chi connectivity index (χ2v) is 11.4. The minimum atomic E-state index is -1.11. The average Bonchev–Trinajstić information content (AvgIpc) is 3.07. The van der Waals surface area contributed by atoms with E-state index in [1.807, 2.05) is 12.1 Å². The minimum Gasteiger partial charge on any atom is -0.493 e. The SMILES string of the molecule is COc1ccc2c3c1O[C@H]1[C@@H](OC(=O)CCC(=O)NC(C(=O)O)C(C)C)C=CC4(CN)C[C@]31C4[C@H](C)C2. The van der Waals surface area contributed by atoms with Gasteiger partial charge in [-0.05, 0) is 48.3 Å². The largest absolute Gasteiger partial charge is 0.493 e. The molecule has 1 amide bonds. The van der Waals surface area contributed by atoms with Crippen molar-refractivity contribution in [3.63, 3.8) is 0 Å². The Morgan fingerprint density at radius 2 is 2.03 bits per heavy atom. The number of carbonyl (C=O) groups is 3. The van der Waals surface area contributed by atoms with Crippen molar-refractivity contribution in [3.05, 3.63) is 35.4 Å². The number of carbonyl (C=O) groups excluding carboxylic acids is 2. The predicted molar refractivity (Wildman–Crippen MR) is 134 cm³/mol. The van der Waals surface area contributed by atoms with Gasteiger partial charge in [0.2, 0.25) is 5.91 Å². The van der Waals surface area contributed by atoms with E-state index in [0.29, 0.717) is 18.2 Å². The predicted octanol–water partition coefficient (Wildman–Crippen LogP) is 2.34. The lowest BCUT2D eigenvalue weighted by Crippen LogP contribution is -2.69. The zero-order valence-corrected chi connectivity index (χ0v) is 21.8. The molecule has 1 aromatic rings. The number of aliphatic carboxylic acids is 1. The Labute approximate surface area is 216 Å². The highest BCUT2D eigenvalue weighted by Crippen LogP contribution is 2.74. The van der Waals surface area contributed by atoms with Crippen LogP contribution in [-0.2, 0) is 31.0 Å². The highest BCUT2D eigenvalue weighted by Gasteiger charge is 2.74. The van der Waals surface area contributed by atoms with E-state index in [1.165, 1.54) is 11.1 Å². The molecule has 1 spiro atoms. The lowest BCUT2D eigenvalue weighted by molar-refractivity contribution is -0.161. The van der Waals surface area contributed by atoms with E-state index < -0.39 is 36.1 Å². The number of benzene rings is 1. The summed E-state index contributed by atoms with van der Waals surface area (Å²) in [6.07, 6.45) is 4.39. The van der Waals surface area contributed by atoms with Crippen molar-refractivity contribution in [1.29, 1.82) is 0 Å². The summed E-state index contributed by atoms with van der Waals surface area (Å²) >= 11 is 0. The first-order chi connectivity index (χ1) is 17.6. The van der Waals surface area contributed by atoms with Crippen molar-refractivity contribution in [2.24, 2.45) is 28.9 Å². The number of carboxylic acids is 1. The second kappa shape index (κ2) is 9.04. The molecule has 0 saturated heterocycles. The van der Waals surface area contributed by atoms with E-state index in [0.717, 1.165) is 18.6 Å². The smallest absolute Gasteiger partial charge is 0.326 e. The Bertz CT molecular complexity index is 1160. The maximum atomic E-state index is 12.9. The Kier molecular flexibility index (Phi) is 6.25. The van der Waals surface area contributed by atoms with Gasteiger partial charge in [-0.2, -0.15) is 0 Å². The van der Waals surface area contributed by atoms with Crippen LogP contribution in [0.5, 0.6) is 11.5 Å². The van der Waals surface area contributed by atoms with Crippen molar-refractivity contribution in [3.8, 4) is 11.5 Å². The van der Waals surface area contributed by atoms with Crippen molar-refractivity contribution in [2.45, 2.75) is 70.1 Å². The summed E-state index contributed by atoms with van der Waals surface area (Å²) in [5.41, 5.74) is 8.25. The van der Waals surface area contributed by atoms with Gasteiger partial charge in [0.15, 0.2) is 17.6 Å². The van der Waals surface area contributed by atoms with Gasteiger partial charge in [-0.15, -0.1) is 0 Å². The van der Waals surface area contributed by atoms with Gasteiger partial charge in [0.1, 0.15) is 12.1 Å². The van der Waals surface area contributed by atoms with Gasteiger partial charge in [-0.1, -0.05) is 32.9 Å². The van der Waals surface area contributed by atoms with Gasteiger partial charge in [0.05, 0.1) is 13.5 Å². The molecule has 4 N–H and O–H groups in total. The number of methoxy groups -OCH3 is 1. The number of esters is 1. The number of nitrogens with two attached hydrogens (primary N) is 1. The maximum Gasteiger partial charge on any atom is 0.326 e. The molecule has 1 heterocycles. The van der Waals surface area contributed by atoms with E-state index in [4.69, 9.17) is 19.9 Å². The van der Waals surface area contributed by atoms with Crippen LogP contribution in [0.1, 0.15) is 51.2 Å². The third-order valence-corrected chi connectivity index (χ3v) is 8.92. The van der Waals surface area contributed by atoms with Crippen LogP contribution in [0, 0.1) is 23.2 Å². The molecule has 1 aliphatic heterocycles. The first kappa shape index (κ1) is 25.6. The van der Waals surface area contributed by atoms with Crippen LogP contribution in [0.2, 0.25) is 0 Å². The molecule has 37 heavy (non-hydrogen) atoms. The standard InChI is InChI=1S/C28H36N2O7/c1-14(2)22(26(33)34)30-19(31)7-8-20(32)36-18-9-10-27(13-29)12-28-21-16(11-15(3)24(27)28)5-6-17(35-4)23(21)37-25(18)28/h5-6,9-10,14-15,18,22,24-25H,7-8,11-13,29H2,1-4H3,(H,30,31)(H,33,34)/t15-,18+,22?,24?,25+,27?,28-/m1/s1. The topological polar surface area (TPSA) is 137 Å². The van der Waals surface area contributed by atoms with Crippen molar-refractivity contribution in [1.82, 2.24) is 5.32 Å². The summed E-state index contributed by atoms with van der Waals surface area (Å²) in [4.78, 5) is 36.6. The first-order valence-electron chi connectivity index (χ1n) is 13.1. The quantitative estimate of drug-likeness (QED) is 0.339. The molecule has 200 valence electrons. The lowest BCUT2D eigenvalue weighted by atomic mass is 9.37. The Hall–Kier alpha value is -3.07. The molecule has 2 bridgehead atoms. The highest BCUT2D eigenvalue weighted by molar-refractivity contribution is 5.86. The van der Waals surface area contributed by atoms with Crippen LogP contribution >= 0.6 is 0 Å². The molecule has 6 rings (SSSR count). The number of hydrogen-bond acceptors (Lipinski definition) is 7. The summed E-state index contributed by atoms with van der Waals surface area (Å²) in [6, 6.07) is 3.05. The molecule has 9 heteroatoms. The fourth-order valence-electron chi connectivity index (χ4n) is 7.61. The summed E-state index contributed by atoms with van der Waals surface area (Å²) in [5, 5.41) is 11.8. The van der Waals surface area contributed by atoms with Crippen LogP contribution < -0.4 is 20.5 Å². The van der Waals surface area contributed by atoms with Crippen LogP contribution in [0.15, 0.2) is 24.3 Å². The van der Waals surface area contributed by atoms with Gasteiger partial charge in [0.25, 0.3) is 0 Å². The molecular formula is C28H36N2O7. The first-order valence-corrected chi connectivity index (χ1v) is 13.1. The van der Waals surface area contributed by atoms with Crippen LogP contribution in [0.4, 0.5) is 0 Å². The molecule has 4 aliphatic carbocycles. The molecule has 0 aromatic heterocycles.